The fourth-order valence-electron chi connectivity index (χ4n) is 10.0. The Balaban J connectivity index is 1.16. The van der Waals surface area contributed by atoms with Gasteiger partial charge in [-0.25, -0.2) is 15.0 Å². The summed E-state index contributed by atoms with van der Waals surface area (Å²) in [5.74, 6) is 1.81. The summed E-state index contributed by atoms with van der Waals surface area (Å²) in [6.07, 6.45) is 0. The number of hydrogen-bond acceptors (Lipinski definition) is 5. The van der Waals surface area contributed by atoms with Crippen molar-refractivity contribution in [3.8, 4) is 63.4 Å². The first kappa shape index (κ1) is 37.9. The second kappa shape index (κ2) is 15.0. The van der Waals surface area contributed by atoms with Crippen LogP contribution in [-0.2, 0) is 0 Å². The lowest BCUT2D eigenvalue weighted by Gasteiger charge is -2.14. The van der Waals surface area contributed by atoms with Gasteiger partial charge in [-0.05, 0) is 91.0 Å². The van der Waals surface area contributed by atoms with Crippen LogP contribution < -0.4 is 0 Å². The van der Waals surface area contributed by atoms with E-state index in [1.54, 1.807) is 0 Å². The van der Waals surface area contributed by atoms with Crippen molar-refractivity contribution in [2.75, 3.05) is 0 Å². The van der Waals surface area contributed by atoms with Gasteiger partial charge in [0.1, 0.15) is 0 Å². The van der Waals surface area contributed by atoms with Gasteiger partial charge in [0, 0.05) is 66.1 Å². The summed E-state index contributed by atoms with van der Waals surface area (Å²) in [6, 6.07) is 74.9. The largest absolute Gasteiger partial charge is 0.308 e. The Bertz CT molecular complexity index is 4040. The van der Waals surface area contributed by atoms with Gasteiger partial charge in [-0.1, -0.05) is 115 Å². The highest BCUT2D eigenvalue weighted by Crippen LogP contribution is 2.50. The summed E-state index contributed by atoms with van der Waals surface area (Å²) in [6.45, 7) is 0. The number of hydrogen-bond donors (Lipinski definition) is 0. The smallest absolute Gasteiger partial charge is 0.164 e. The fourth-order valence-corrected chi connectivity index (χ4v) is 10.0. The molecule has 310 valence electrons. The molecule has 67 heavy (non-hydrogen) atoms. The maximum Gasteiger partial charge on any atom is 0.164 e. The molecular weight excluding hydrogens is 821 g/mol. The second-order valence-corrected chi connectivity index (χ2v) is 16.6. The minimum Gasteiger partial charge on any atom is -0.308 e. The minimum atomic E-state index is 0.586. The van der Waals surface area contributed by atoms with E-state index in [1.807, 2.05) is 109 Å². The SMILES string of the molecule is N#Cc1ccc(-n2c3ccccc3c3c2c2c4ccccc4n(-c4ccc(-c5nc(-c6ccccc6)nc(-c6ccccc6)n5)cc4)c2c2c4ccccc4n(-c4ccc(C#N)cc4)c32)cc1. The number of nitrogens with zero attached hydrogens (tertiary/aromatic N) is 8. The molecule has 13 rings (SSSR count). The molecule has 0 bridgehead atoms. The van der Waals surface area contributed by atoms with Gasteiger partial charge in [-0.15, -0.1) is 0 Å². The molecule has 0 amide bonds. The highest BCUT2D eigenvalue weighted by molar-refractivity contribution is 6.40. The van der Waals surface area contributed by atoms with Gasteiger partial charge in [-0.3, -0.25) is 0 Å². The Labute approximate surface area is 383 Å². The quantitative estimate of drug-likeness (QED) is 0.166. The van der Waals surface area contributed by atoms with Crippen molar-refractivity contribution in [2.24, 2.45) is 0 Å². The van der Waals surface area contributed by atoms with Gasteiger partial charge in [-0.2, -0.15) is 10.5 Å². The molecule has 8 heteroatoms. The van der Waals surface area contributed by atoms with E-state index in [-0.39, 0.29) is 0 Å². The molecule has 9 aromatic carbocycles. The lowest BCUT2D eigenvalue weighted by Crippen LogP contribution is -2.00. The van der Waals surface area contributed by atoms with Crippen molar-refractivity contribution in [2.45, 2.75) is 0 Å². The summed E-state index contributed by atoms with van der Waals surface area (Å²) in [5.41, 5.74) is 13.1. The Hall–Kier alpha value is -9.63. The lowest BCUT2D eigenvalue weighted by molar-refractivity contribution is 1.07. The summed E-state index contributed by atoms with van der Waals surface area (Å²) in [4.78, 5) is 15.0. The van der Waals surface area contributed by atoms with Crippen LogP contribution in [0.2, 0.25) is 0 Å². The zero-order valence-electron chi connectivity index (χ0n) is 35.7. The zero-order chi connectivity index (χ0) is 44.6. The molecule has 0 N–H and O–H groups in total. The molecule has 4 heterocycles. The fraction of sp³-hybridized carbons (Fsp3) is 0. The molecule has 0 aliphatic carbocycles. The Kier molecular flexibility index (Phi) is 8.48. The number of fused-ring (bicyclic) bond motifs is 12. The van der Waals surface area contributed by atoms with Gasteiger partial charge < -0.3 is 13.7 Å². The van der Waals surface area contributed by atoms with E-state index in [4.69, 9.17) is 15.0 Å². The summed E-state index contributed by atoms with van der Waals surface area (Å²) < 4.78 is 7.14. The zero-order valence-corrected chi connectivity index (χ0v) is 35.7. The van der Waals surface area contributed by atoms with Crippen molar-refractivity contribution in [1.29, 1.82) is 10.5 Å². The van der Waals surface area contributed by atoms with Crippen LogP contribution in [0.1, 0.15) is 11.1 Å². The molecule has 8 nitrogen and oxygen atoms in total. The summed E-state index contributed by atoms with van der Waals surface area (Å²) >= 11 is 0. The van der Waals surface area contributed by atoms with Crippen molar-refractivity contribution in [3.05, 3.63) is 217 Å². The topological polar surface area (TPSA) is 101 Å². The van der Waals surface area contributed by atoms with Crippen molar-refractivity contribution < 1.29 is 0 Å². The maximum atomic E-state index is 9.84. The Morgan fingerprint density at radius 3 is 0.910 bits per heavy atom. The highest BCUT2D eigenvalue weighted by Gasteiger charge is 2.29. The third-order valence-electron chi connectivity index (χ3n) is 12.9. The normalized spacial score (nSPS) is 11.6. The van der Waals surface area contributed by atoms with Crippen LogP contribution in [0, 0.1) is 22.7 Å². The molecule has 0 saturated carbocycles. The Morgan fingerprint density at radius 1 is 0.299 bits per heavy atom. The van der Waals surface area contributed by atoms with Crippen LogP contribution in [0.25, 0.3) is 117 Å². The van der Waals surface area contributed by atoms with Crippen LogP contribution in [0.4, 0.5) is 0 Å². The van der Waals surface area contributed by atoms with Crippen LogP contribution in [0.5, 0.6) is 0 Å². The first-order valence-electron chi connectivity index (χ1n) is 22.1. The average Bonchev–Trinajstić information content (AvgIpc) is 4.05. The minimum absolute atomic E-state index is 0.586. The van der Waals surface area contributed by atoms with Crippen LogP contribution in [-0.4, -0.2) is 28.7 Å². The highest BCUT2D eigenvalue weighted by atomic mass is 15.1. The predicted octanol–water partition coefficient (Wildman–Crippen LogP) is 13.9. The second-order valence-electron chi connectivity index (χ2n) is 16.6. The number of aromatic nitrogens is 6. The van der Waals surface area contributed by atoms with E-state index in [2.05, 4.69) is 123 Å². The van der Waals surface area contributed by atoms with E-state index < -0.39 is 0 Å². The molecule has 0 saturated heterocycles. The predicted molar refractivity (Wildman–Crippen MR) is 269 cm³/mol. The number of benzene rings is 9. The molecule has 0 aliphatic heterocycles. The van der Waals surface area contributed by atoms with Gasteiger partial charge in [0.2, 0.25) is 0 Å². The van der Waals surface area contributed by atoms with Crippen LogP contribution in [0.15, 0.2) is 206 Å². The molecule has 0 aliphatic rings. The standard InChI is InChI=1S/C59H34N8/c60-35-37-23-29-42(30-24-37)65-48-20-10-7-17-45(48)51-54-52(46-18-8-11-21-49(46)66(54)43-31-25-38(36-61)26-32-43)56-53(55(51)65)47-19-9-12-22-50(47)67(56)44-33-27-41(28-34-44)59-63-57(39-13-3-1-4-14-39)62-58(64-59)40-15-5-2-6-16-40/h1-34H. The summed E-state index contributed by atoms with van der Waals surface area (Å²) in [7, 11) is 0. The van der Waals surface area contributed by atoms with Crippen LogP contribution in [0.3, 0.4) is 0 Å². The van der Waals surface area contributed by atoms with Crippen molar-refractivity contribution in [3.63, 3.8) is 0 Å². The number of nitriles is 2. The lowest BCUT2D eigenvalue weighted by atomic mass is 10.0. The molecule has 0 atom stereocenters. The van der Waals surface area contributed by atoms with Gasteiger partial charge in [0.25, 0.3) is 0 Å². The van der Waals surface area contributed by atoms with Crippen molar-refractivity contribution in [1.82, 2.24) is 28.7 Å². The number of rotatable bonds is 6. The third-order valence-corrected chi connectivity index (χ3v) is 12.9. The first-order chi connectivity index (χ1) is 33.2. The molecule has 0 spiro atoms. The molecule has 0 radical (unpaired) electrons. The van der Waals surface area contributed by atoms with E-state index in [0.29, 0.717) is 28.6 Å². The van der Waals surface area contributed by atoms with E-state index in [0.717, 1.165) is 99.2 Å². The Morgan fingerprint density at radius 2 is 0.582 bits per heavy atom. The maximum absolute atomic E-state index is 9.84. The first-order valence-corrected chi connectivity index (χ1v) is 22.1. The molecule has 0 unspecified atom stereocenters. The van der Waals surface area contributed by atoms with E-state index in [1.165, 1.54) is 0 Å². The molecular formula is C59H34N8. The monoisotopic (exact) mass is 854 g/mol. The average molecular weight is 855 g/mol. The van der Waals surface area contributed by atoms with Gasteiger partial charge in [0.05, 0.1) is 56.4 Å². The van der Waals surface area contributed by atoms with E-state index in [9.17, 15) is 10.5 Å². The molecule has 13 aromatic rings. The van der Waals surface area contributed by atoms with Crippen molar-refractivity contribution >= 4 is 65.4 Å². The molecule has 4 aromatic heterocycles. The third kappa shape index (κ3) is 5.81. The van der Waals surface area contributed by atoms with Crippen LogP contribution >= 0.6 is 0 Å². The van der Waals surface area contributed by atoms with Gasteiger partial charge in [0.15, 0.2) is 17.5 Å². The summed E-state index contributed by atoms with van der Waals surface area (Å²) in [5, 5.41) is 26.3. The number of para-hydroxylation sites is 3. The molecule has 0 fully saturated rings. The van der Waals surface area contributed by atoms with E-state index >= 15 is 0 Å². The van der Waals surface area contributed by atoms with Gasteiger partial charge >= 0.3 is 0 Å².